The first-order chi connectivity index (χ1) is 16.8. The monoisotopic (exact) mass is 480 g/mol. The first kappa shape index (κ1) is 22.5. The molecule has 1 N–H and O–H groups in total. The van der Waals surface area contributed by atoms with Crippen molar-refractivity contribution < 1.29 is 32.0 Å². The number of nitrogens with one attached hydrogen (secondary N) is 1. The van der Waals surface area contributed by atoms with E-state index in [9.17, 15) is 18.0 Å². The van der Waals surface area contributed by atoms with Gasteiger partial charge in [0.2, 0.25) is 0 Å². The van der Waals surface area contributed by atoms with Crippen LogP contribution in [0.1, 0.15) is 21.5 Å². The Hall–Kier alpha value is -4.27. The minimum Gasteiger partial charge on any atom is -0.497 e. The molecule has 0 saturated carbocycles. The molecule has 0 unspecified atom stereocenters. The van der Waals surface area contributed by atoms with E-state index >= 15 is 0 Å². The first-order valence-corrected chi connectivity index (χ1v) is 10.7. The van der Waals surface area contributed by atoms with Gasteiger partial charge in [0, 0.05) is 27.9 Å². The van der Waals surface area contributed by atoms with E-state index in [0.29, 0.717) is 11.4 Å². The minimum atomic E-state index is -4.83. The molecule has 0 saturated heterocycles. The summed E-state index contributed by atoms with van der Waals surface area (Å²) in [6, 6.07) is 17.7. The number of rotatable bonds is 5. The van der Waals surface area contributed by atoms with Crippen LogP contribution in [0, 0.1) is 0 Å². The van der Waals surface area contributed by atoms with Gasteiger partial charge in [0.25, 0.3) is 5.91 Å². The molecule has 4 aromatic rings. The first-order valence-electron chi connectivity index (χ1n) is 10.7. The van der Waals surface area contributed by atoms with E-state index in [-0.39, 0.29) is 5.56 Å². The topological polar surface area (TPSA) is 73.6 Å². The third-order valence-electron chi connectivity index (χ3n) is 5.73. The third-order valence-corrected chi connectivity index (χ3v) is 5.73. The Bertz CT molecular complexity index is 1390. The number of halogens is 3. The van der Waals surface area contributed by atoms with Gasteiger partial charge < -0.3 is 19.3 Å². The van der Waals surface area contributed by atoms with E-state index < -0.39 is 18.0 Å². The Morgan fingerprint density at radius 2 is 1.80 bits per heavy atom. The number of aromatic nitrogens is 1. The van der Waals surface area contributed by atoms with Gasteiger partial charge in [-0.15, -0.1) is 13.2 Å². The summed E-state index contributed by atoms with van der Waals surface area (Å²) >= 11 is 0. The van der Waals surface area contributed by atoms with Gasteiger partial charge in [0.15, 0.2) is 5.76 Å². The van der Waals surface area contributed by atoms with Gasteiger partial charge in [-0.25, -0.2) is 0 Å². The molecular formula is C26H19F3N2O4. The second-order valence-corrected chi connectivity index (χ2v) is 7.97. The van der Waals surface area contributed by atoms with Gasteiger partial charge in [-0.2, -0.15) is 0 Å². The summed E-state index contributed by atoms with van der Waals surface area (Å²) in [6.45, 7) is 0. The van der Waals surface area contributed by atoms with Gasteiger partial charge >= 0.3 is 6.36 Å². The SMILES string of the molecule is COc1ccc2c(c1)CCc1c-2noc1-c1ccc(NC(=O)c2cccc(OC(F)(F)F)c2)cc1. The van der Waals surface area contributed by atoms with Crippen molar-refractivity contribution in [1.29, 1.82) is 0 Å². The van der Waals surface area contributed by atoms with Crippen molar-refractivity contribution in [3.8, 4) is 34.1 Å². The predicted octanol–water partition coefficient (Wildman–Crippen LogP) is 6.27. The van der Waals surface area contributed by atoms with E-state index in [1.54, 1.807) is 31.4 Å². The number of methoxy groups -OCH3 is 1. The van der Waals surface area contributed by atoms with Crippen molar-refractivity contribution >= 4 is 11.6 Å². The maximum Gasteiger partial charge on any atom is 0.573 e. The molecule has 5 rings (SSSR count). The number of anilines is 1. The van der Waals surface area contributed by atoms with E-state index in [2.05, 4.69) is 15.2 Å². The number of ether oxygens (including phenoxy) is 2. The smallest absolute Gasteiger partial charge is 0.497 e. The molecule has 178 valence electrons. The van der Waals surface area contributed by atoms with Crippen molar-refractivity contribution in [2.24, 2.45) is 0 Å². The van der Waals surface area contributed by atoms with Crippen molar-refractivity contribution in [2.45, 2.75) is 19.2 Å². The van der Waals surface area contributed by atoms with Crippen LogP contribution >= 0.6 is 0 Å². The van der Waals surface area contributed by atoms with Gasteiger partial charge in [0.05, 0.1) is 7.11 Å². The second-order valence-electron chi connectivity index (χ2n) is 7.97. The Morgan fingerprint density at radius 1 is 1.00 bits per heavy atom. The van der Waals surface area contributed by atoms with Crippen molar-refractivity contribution in [1.82, 2.24) is 5.16 Å². The Balaban J connectivity index is 1.33. The van der Waals surface area contributed by atoms with Crippen LogP contribution in [0.25, 0.3) is 22.6 Å². The predicted molar refractivity (Wildman–Crippen MR) is 122 cm³/mol. The standard InChI is InChI=1S/C26H19F3N2O4/c1-33-19-10-12-21-16(13-19)7-11-22-23(21)31-35-24(22)15-5-8-18(9-6-15)30-25(32)17-3-2-4-20(14-17)34-26(27,28)29/h2-6,8-10,12-14H,7,11H2,1H3,(H,30,32). The van der Waals surface area contributed by atoms with Crippen LogP contribution in [0.3, 0.4) is 0 Å². The number of nitrogens with zero attached hydrogens (tertiary/aromatic N) is 1. The number of amides is 1. The molecule has 0 fully saturated rings. The normalized spacial score (nSPS) is 12.5. The lowest BCUT2D eigenvalue weighted by Crippen LogP contribution is -2.18. The van der Waals surface area contributed by atoms with Crippen molar-refractivity contribution in [3.63, 3.8) is 0 Å². The molecule has 3 aromatic carbocycles. The second kappa shape index (κ2) is 8.83. The highest BCUT2D eigenvalue weighted by Gasteiger charge is 2.31. The summed E-state index contributed by atoms with van der Waals surface area (Å²) in [4.78, 5) is 12.5. The average molecular weight is 480 g/mol. The summed E-state index contributed by atoms with van der Waals surface area (Å²) in [7, 11) is 1.63. The van der Waals surface area contributed by atoms with Crippen LogP contribution in [-0.2, 0) is 12.8 Å². The van der Waals surface area contributed by atoms with Crippen LogP contribution in [0.4, 0.5) is 18.9 Å². The molecule has 1 aromatic heterocycles. The molecule has 0 spiro atoms. The van der Waals surface area contributed by atoms with Crippen LogP contribution in [-0.4, -0.2) is 24.5 Å². The zero-order valence-corrected chi connectivity index (χ0v) is 18.5. The van der Waals surface area contributed by atoms with Crippen LogP contribution < -0.4 is 14.8 Å². The fraction of sp³-hybridized carbons (Fsp3) is 0.154. The van der Waals surface area contributed by atoms with Gasteiger partial charge in [-0.1, -0.05) is 11.2 Å². The van der Waals surface area contributed by atoms with Crippen LogP contribution in [0.2, 0.25) is 0 Å². The summed E-state index contributed by atoms with van der Waals surface area (Å²) in [6.07, 6.45) is -3.23. The maximum atomic E-state index is 12.5. The highest BCUT2D eigenvalue weighted by atomic mass is 19.4. The zero-order valence-electron chi connectivity index (χ0n) is 18.5. The molecule has 9 heteroatoms. The Morgan fingerprint density at radius 3 is 2.54 bits per heavy atom. The maximum absolute atomic E-state index is 12.5. The molecule has 0 radical (unpaired) electrons. The van der Waals surface area contributed by atoms with Crippen molar-refractivity contribution in [2.75, 3.05) is 12.4 Å². The molecule has 0 aliphatic heterocycles. The van der Waals surface area contributed by atoms with E-state index in [4.69, 9.17) is 9.26 Å². The van der Waals surface area contributed by atoms with E-state index in [0.717, 1.165) is 58.7 Å². The lowest BCUT2D eigenvalue weighted by atomic mass is 9.88. The van der Waals surface area contributed by atoms with Gasteiger partial charge in [-0.05, 0) is 79.1 Å². The third kappa shape index (κ3) is 4.70. The molecule has 6 nitrogen and oxygen atoms in total. The van der Waals surface area contributed by atoms with Gasteiger partial charge in [0.1, 0.15) is 17.2 Å². The fourth-order valence-electron chi connectivity index (χ4n) is 4.12. The van der Waals surface area contributed by atoms with E-state index in [1.165, 1.54) is 12.1 Å². The lowest BCUT2D eigenvalue weighted by Gasteiger charge is -2.16. The van der Waals surface area contributed by atoms with Gasteiger partial charge in [-0.3, -0.25) is 4.79 Å². The molecule has 1 amide bonds. The fourth-order valence-corrected chi connectivity index (χ4v) is 4.12. The summed E-state index contributed by atoms with van der Waals surface area (Å²) in [5.74, 6) is 0.439. The number of hydrogen-bond acceptors (Lipinski definition) is 5. The summed E-state index contributed by atoms with van der Waals surface area (Å²) < 4.78 is 52.2. The number of aryl methyl sites for hydroxylation is 1. The van der Waals surface area contributed by atoms with Crippen LogP contribution in [0.5, 0.6) is 11.5 Å². The Labute approximate surface area is 198 Å². The molecule has 1 aliphatic carbocycles. The van der Waals surface area contributed by atoms with Crippen LogP contribution in [0.15, 0.2) is 71.3 Å². The lowest BCUT2D eigenvalue weighted by molar-refractivity contribution is -0.274. The Kier molecular flexibility index (Phi) is 5.68. The molecule has 35 heavy (non-hydrogen) atoms. The number of hydrogen-bond donors (Lipinski definition) is 1. The molecule has 1 heterocycles. The molecule has 1 aliphatic rings. The average Bonchev–Trinajstić information content (AvgIpc) is 3.28. The molecular weight excluding hydrogens is 461 g/mol. The number of benzene rings is 3. The number of fused-ring (bicyclic) bond motifs is 3. The molecule has 0 bridgehead atoms. The molecule has 0 atom stereocenters. The van der Waals surface area contributed by atoms with E-state index in [1.807, 2.05) is 18.2 Å². The number of carbonyl (C=O) groups excluding carboxylic acids is 1. The summed E-state index contributed by atoms with van der Waals surface area (Å²) in [5, 5.41) is 6.97. The summed E-state index contributed by atoms with van der Waals surface area (Å²) in [5.41, 5.74) is 5.31. The largest absolute Gasteiger partial charge is 0.573 e. The zero-order chi connectivity index (χ0) is 24.6. The van der Waals surface area contributed by atoms with Crippen molar-refractivity contribution in [3.05, 3.63) is 83.4 Å². The minimum absolute atomic E-state index is 0.0374. The highest BCUT2D eigenvalue weighted by Crippen LogP contribution is 2.39. The number of alkyl halides is 3. The quantitative estimate of drug-likeness (QED) is 0.365. The highest BCUT2D eigenvalue weighted by molar-refractivity contribution is 6.04. The number of carbonyl (C=O) groups is 1.